The Labute approximate surface area is 208 Å². The summed E-state index contributed by atoms with van der Waals surface area (Å²) in [5.41, 5.74) is 2.57. The summed E-state index contributed by atoms with van der Waals surface area (Å²) in [7, 11) is 3.09. The molecule has 0 aliphatic rings. The lowest BCUT2D eigenvalue weighted by atomic mass is 10.1. The van der Waals surface area contributed by atoms with Gasteiger partial charge in [0, 0.05) is 12.1 Å². The van der Waals surface area contributed by atoms with Crippen molar-refractivity contribution in [3.63, 3.8) is 0 Å². The van der Waals surface area contributed by atoms with Crippen molar-refractivity contribution in [1.82, 2.24) is 25.5 Å². The van der Waals surface area contributed by atoms with E-state index in [1.54, 1.807) is 49.6 Å². The van der Waals surface area contributed by atoms with E-state index < -0.39 is 5.91 Å². The number of rotatable bonds is 10. The number of anilines is 1. The molecule has 10 nitrogen and oxygen atoms in total. The molecule has 4 rings (SSSR count). The van der Waals surface area contributed by atoms with Crippen molar-refractivity contribution in [1.29, 1.82) is 0 Å². The second kappa shape index (κ2) is 11.6. The number of carbonyl (C=O) groups excluding carboxylic acids is 2. The smallest absolute Gasteiger partial charge is 0.253 e. The first-order valence-corrected chi connectivity index (χ1v) is 11.3. The molecule has 1 heterocycles. The molecule has 2 amide bonds. The minimum absolute atomic E-state index is 0.176. The zero-order valence-corrected chi connectivity index (χ0v) is 20.0. The SMILES string of the molecule is COc1ccc(-c2nnn(CC(=O)Nc3ccccc3C(=O)NCCc3ccccc3)n2)cc1OC. The van der Waals surface area contributed by atoms with Crippen LogP contribution in [0.4, 0.5) is 5.69 Å². The molecule has 0 aliphatic carbocycles. The molecular formula is C26H26N6O4. The summed E-state index contributed by atoms with van der Waals surface area (Å²) >= 11 is 0. The molecule has 4 aromatic rings. The van der Waals surface area contributed by atoms with E-state index in [1.807, 2.05) is 30.3 Å². The van der Waals surface area contributed by atoms with E-state index in [-0.39, 0.29) is 12.5 Å². The third-order valence-electron chi connectivity index (χ3n) is 5.37. The molecule has 36 heavy (non-hydrogen) atoms. The Morgan fingerprint density at radius 1 is 0.917 bits per heavy atom. The monoisotopic (exact) mass is 486 g/mol. The van der Waals surface area contributed by atoms with Crippen LogP contribution in [-0.4, -0.2) is 52.8 Å². The van der Waals surface area contributed by atoms with E-state index >= 15 is 0 Å². The van der Waals surface area contributed by atoms with E-state index in [0.717, 1.165) is 5.56 Å². The first-order valence-electron chi connectivity index (χ1n) is 11.3. The molecular weight excluding hydrogens is 460 g/mol. The largest absolute Gasteiger partial charge is 0.493 e. The second-order valence-corrected chi connectivity index (χ2v) is 7.80. The molecule has 0 aliphatic heterocycles. The van der Waals surface area contributed by atoms with E-state index in [1.165, 1.54) is 11.9 Å². The van der Waals surface area contributed by atoms with Crippen molar-refractivity contribution >= 4 is 17.5 Å². The van der Waals surface area contributed by atoms with Crippen LogP contribution in [0.3, 0.4) is 0 Å². The fraction of sp³-hybridized carbons (Fsp3) is 0.192. The summed E-state index contributed by atoms with van der Waals surface area (Å²) in [6.45, 7) is 0.303. The third-order valence-corrected chi connectivity index (χ3v) is 5.37. The van der Waals surface area contributed by atoms with Crippen molar-refractivity contribution in [2.75, 3.05) is 26.1 Å². The number of ether oxygens (including phenoxy) is 2. The second-order valence-electron chi connectivity index (χ2n) is 7.80. The number of aromatic nitrogens is 4. The highest BCUT2D eigenvalue weighted by Crippen LogP contribution is 2.30. The van der Waals surface area contributed by atoms with Crippen LogP contribution in [0.2, 0.25) is 0 Å². The summed E-state index contributed by atoms with van der Waals surface area (Å²) in [6, 6.07) is 22.0. The Morgan fingerprint density at radius 3 is 2.44 bits per heavy atom. The van der Waals surface area contributed by atoms with E-state index in [0.29, 0.717) is 47.1 Å². The van der Waals surface area contributed by atoms with Crippen LogP contribution in [-0.2, 0) is 17.8 Å². The maximum atomic E-state index is 12.7. The van der Waals surface area contributed by atoms with Crippen molar-refractivity contribution in [2.24, 2.45) is 0 Å². The summed E-state index contributed by atoms with van der Waals surface area (Å²) in [4.78, 5) is 26.6. The molecule has 2 N–H and O–H groups in total. The van der Waals surface area contributed by atoms with Crippen molar-refractivity contribution < 1.29 is 19.1 Å². The van der Waals surface area contributed by atoms with Gasteiger partial charge < -0.3 is 20.1 Å². The minimum Gasteiger partial charge on any atom is -0.493 e. The summed E-state index contributed by atoms with van der Waals surface area (Å²) in [5.74, 6) is 0.785. The standard InChI is InChI=1S/C26H26N6O4/c1-35-22-13-12-19(16-23(22)36-2)25-29-31-32(30-25)17-24(33)28-21-11-7-6-10-20(21)26(34)27-15-14-18-8-4-3-5-9-18/h3-13,16H,14-15,17H2,1-2H3,(H,27,34)(H,28,33). The number of tetrazole rings is 1. The van der Waals surface area contributed by atoms with Crippen LogP contribution in [0, 0.1) is 0 Å². The maximum Gasteiger partial charge on any atom is 0.253 e. The van der Waals surface area contributed by atoms with Gasteiger partial charge in [0.05, 0.1) is 25.5 Å². The normalized spacial score (nSPS) is 10.5. The molecule has 0 atom stereocenters. The number of hydrogen-bond acceptors (Lipinski definition) is 7. The van der Waals surface area contributed by atoms with E-state index in [4.69, 9.17) is 9.47 Å². The van der Waals surface area contributed by atoms with Crippen molar-refractivity contribution in [3.8, 4) is 22.9 Å². The quantitative estimate of drug-likeness (QED) is 0.354. The van der Waals surface area contributed by atoms with Gasteiger partial charge >= 0.3 is 0 Å². The molecule has 0 fully saturated rings. The number of nitrogens with zero attached hydrogens (tertiary/aromatic N) is 4. The Hall–Kier alpha value is -4.73. The lowest BCUT2D eigenvalue weighted by Gasteiger charge is -2.11. The number of methoxy groups -OCH3 is 2. The predicted molar refractivity (Wildman–Crippen MR) is 134 cm³/mol. The molecule has 184 valence electrons. The van der Waals surface area contributed by atoms with Gasteiger partial charge in [0.2, 0.25) is 11.7 Å². The Kier molecular flexibility index (Phi) is 7.87. The third kappa shape index (κ3) is 6.03. The summed E-state index contributed by atoms with van der Waals surface area (Å²) in [5, 5.41) is 17.9. The van der Waals surface area contributed by atoms with Crippen LogP contribution in [0.25, 0.3) is 11.4 Å². The Morgan fingerprint density at radius 2 is 1.67 bits per heavy atom. The number of benzene rings is 3. The Bertz CT molecular complexity index is 1340. The summed E-state index contributed by atoms with van der Waals surface area (Å²) in [6.07, 6.45) is 0.710. The van der Waals surface area contributed by atoms with Gasteiger partial charge in [-0.05, 0) is 47.5 Å². The molecule has 10 heteroatoms. The molecule has 0 saturated heterocycles. The zero-order chi connectivity index (χ0) is 25.3. The van der Waals surface area contributed by atoms with Crippen LogP contribution >= 0.6 is 0 Å². The number of amides is 2. The maximum absolute atomic E-state index is 12.7. The Balaban J connectivity index is 1.37. The van der Waals surface area contributed by atoms with Crippen LogP contribution < -0.4 is 20.1 Å². The van der Waals surface area contributed by atoms with Gasteiger partial charge in [0.15, 0.2) is 11.5 Å². The number of para-hydroxylation sites is 1. The average Bonchev–Trinajstić information content (AvgIpc) is 3.37. The van der Waals surface area contributed by atoms with Gasteiger partial charge in [-0.1, -0.05) is 42.5 Å². The minimum atomic E-state index is -0.393. The zero-order valence-electron chi connectivity index (χ0n) is 20.0. The molecule has 0 bridgehead atoms. The lowest BCUT2D eigenvalue weighted by molar-refractivity contribution is -0.117. The van der Waals surface area contributed by atoms with Crippen LogP contribution in [0.1, 0.15) is 15.9 Å². The lowest BCUT2D eigenvalue weighted by Crippen LogP contribution is -2.28. The van der Waals surface area contributed by atoms with Gasteiger partial charge in [0.1, 0.15) is 6.54 Å². The van der Waals surface area contributed by atoms with Crippen LogP contribution in [0.5, 0.6) is 11.5 Å². The highest BCUT2D eigenvalue weighted by atomic mass is 16.5. The molecule has 0 spiro atoms. The van der Waals surface area contributed by atoms with Gasteiger partial charge in [-0.15, -0.1) is 10.2 Å². The first-order chi connectivity index (χ1) is 17.6. The summed E-state index contributed by atoms with van der Waals surface area (Å²) < 4.78 is 10.6. The molecule has 3 aromatic carbocycles. The van der Waals surface area contributed by atoms with Gasteiger partial charge in [0.25, 0.3) is 5.91 Å². The van der Waals surface area contributed by atoms with E-state index in [2.05, 4.69) is 26.0 Å². The highest BCUT2D eigenvalue weighted by molar-refractivity contribution is 6.03. The number of carbonyl (C=O) groups is 2. The van der Waals surface area contributed by atoms with Crippen molar-refractivity contribution in [3.05, 3.63) is 83.9 Å². The van der Waals surface area contributed by atoms with E-state index in [9.17, 15) is 9.59 Å². The molecule has 0 radical (unpaired) electrons. The highest BCUT2D eigenvalue weighted by Gasteiger charge is 2.15. The van der Waals surface area contributed by atoms with Gasteiger partial charge in [-0.2, -0.15) is 4.80 Å². The molecule has 0 saturated carbocycles. The first kappa shape index (κ1) is 24.4. The number of nitrogens with one attached hydrogen (secondary N) is 2. The predicted octanol–water partition coefficient (Wildman–Crippen LogP) is 2.97. The number of hydrogen-bond donors (Lipinski definition) is 2. The van der Waals surface area contributed by atoms with Crippen LogP contribution in [0.15, 0.2) is 72.8 Å². The fourth-order valence-corrected chi connectivity index (χ4v) is 3.57. The van der Waals surface area contributed by atoms with Gasteiger partial charge in [-0.25, -0.2) is 0 Å². The fourth-order valence-electron chi connectivity index (χ4n) is 3.57. The molecule has 0 unspecified atom stereocenters. The van der Waals surface area contributed by atoms with Crippen molar-refractivity contribution in [2.45, 2.75) is 13.0 Å². The topological polar surface area (TPSA) is 120 Å². The average molecular weight is 487 g/mol. The molecule has 1 aromatic heterocycles. The van der Waals surface area contributed by atoms with Gasteiger partial charge in [-0.3, -0.25) is 9.59 Å².